The van der Waals surface area contributed by atoms with Crippen LogP contribution in [0.3, 0.4) is 0 Å². The molecule has 0 unspecified atom stereocenters. The van der Waals surface area contributed by atoms with Gasteiger partial charge in [0.1, 0.15) is 54.4 Å². The van der Waals surface area contributed by atoms with Crippen LogP contribution < -0.4 is 21.3 Å². The molecule has 1 fully saturated rings. The Labute approximate surface area is 545 Å². The molecule has 24 nitrogen and oxygen atoms in total. The van der Waals surface area contributed by atoms with E-state index in [9.17, 15) is 38.7 Å². The van der Waals surface area contributed by atoms with Gasteiger partial charge in [-0.05, 0) is 100 Å². The minimum Gasteiger partial charge on any atom is -0.390 e. The molecule has 0 aromatic carbocycles. The summed E-state index contributed by atoms with van der Waals surface area (Å²) in [5, 5.41) is 23.4. The van der Waals surface area contributed by atoms with E-state index in [4.69, 9.17) is 4.74 Å². The van der Waals surface area contributed by atoms with E-state index in [1.165, 1.54) is 87.7 Å². The van der Waals surface area contributed by atoms with Crippen LogP contribution in [0, 0.1) is 46.8 Å². The van der Waals surface area contributed by atoms with Gasteiger partial charge >= 0.3 is 0 Å². The Bertz CT molecular complexity index is 2510. The van der Waals surface area contributed by atoms with Gasteiger partial charge in [0.05, 0.1) is 19.3 Å². The Morgan fingerprint density at radius 2 is 0.989 bits per heavy atom. The third kappa shape index (κ3) is 22.8. The van der Waals surface area contributed by atoms with Gasteiger partial charge in [-0.15, -0.1) is 0 Å². The van der Waals surface area contributed by atoms with Crippen molar-refractivity contribution in [2.24, 2.45) is 46.8 Å². The number of amides is 11. The largest absolute Gasteiger partial charge is 0.390 e. The number of hydrogen-bond acceptors (Lipinski definition) is 13. The van der Waals surface area contributed by atoms with Crippen LogP contribution in [0.4, 0.5) is 0 Å². The number of ether oxygens (including phenoxy) is 1. The van der Waals surface area contributed by atoms with Crippen molar-refractivity contribution in [2.75, 3.05) is 62.5 Å². The van der Waals surface area contributed by atoms with Crippen LogP contribution >= 0.6 is 0 Å². The highest BCUT2D eigenvalue weighted by Gasteiger charge is 2.55. The summed E-state index contributed by atoms with van der Waals surface area (Å²) in [6.07, 6.45) is 2.76. The predicted octanol–water partition coefficient (Wildman–Crippen LogP) is 4.66. The predicted molar refractivity (Wildman–Crippen MR) is 353 cm³/mol. The number of carbonyl (C=O) groups is 11. The first-order chi connectivity index (χ1) is 41.8. The molecule has 1 heterocycles. The summed E-state index contributed by atoms with van der Waals surface area (Å²) in [6.45, 7) is 34.7. The molecule has 522 valence electrons. The summed E-state index contributed by atoms with van der Waals surface area (Å²) in [5.74, 6) is -10.7. The van der Waals surface area contributed by atoms with Crippen LogP contribution in [-0.2, 0) is 57.5 Å². The minimum absolute atomic E-state index is 0.00887. The first-order valence-electron chi connectivity index (χ1n) is 32.8. The summed E-state index contributed by atoms with van der Waals surface area (Å²) < 4.78 is 6.80. The Balaban J connectivity index is 4.57. The van der Waals surface area contributed by atoms with E-state index in [-0.39, 0.29) is 68.8 Å². The molecule has 12 atom stereocenters. The number of aliphatic hydroxyl groups is 1. The molecular formula is C67H121N11O13. The summed E-state index contributed by atoms with van der Waals surface area (Å²) in [6, 6.07) is -11.5. The minimum atomic E-state index is -2.23. The topological polar surface area (TPSA) is 288 Å². The Kier molecular flexibility index (Phi) is 33.1. The Hall–Kier alpha value is -6.17. The van der Waals surface area contributed by atoms with Crippen molar-refractivity contribution >= 4 is 65.0 Å². The molecule has 0 aromatic heterocycles. The molecule has 0 radical (unpaired) electrons. The van der Waals surface area contributed by atoms with E-state index in [1.807, 2.05) is 76.2 Å². The van der Waals surface area contributed by atoms with Gasteiger partial charge in [-0.25, -0.2) is 0 Å². The van der Waals surface area contributed by atoms with Crippen LogP contribution in [-0.4, -0.2) is 233 Å². The first kappa shape index (κ1) is 82.8. The van der Waals surface area contributed by atoms with Crippen LogP contribution in [0.15, 0.2) is 12.2 Å². The van der Waals surface area contributed by atoms with Crippen molar-refractivity contribution in [3.63, 3.8) is 0 Å². The molecule has 0 aliphatic carbocycles. The Morgan fingerprint density at radius 1 is 0.549 bits per heavy atom. The van der Waals surface area contributed by atoms with E-state index in [0.29, 0.717) is 0 Å². The zero-order valence-corrected chi connectivity index (χ0v) is 60.6. The highest BCUT2D eigenvalue weighted by atomic mass is 16.5. The SMILES string of the molecule is C/C=C/C[C@@H](C)[C@@H](O)[C@H]1C(=O)N[C@@H](CC)C(=O)N(C)CC(=O)N(C)[C@@H](CC(C)C)C(=O)N[C@@H](C(C)C)C(=O)N(C)[C@@H](CC(C)C)C(=O)N[C@@H](C)C(=O)N[C@H](C)C(=O)N(C)[C@@H](CC(C)C)C(=O)N(C)[C@@H](CC(C)C)C(=O)N(C)[C@](OCC(C)(C)C)(C(C)C)C(=O)N1C. The highest BCUT2D eigenvalue weighted by molar-refractivity contribution is 6.00. The molecule has 11 amide bonds. The van der Waals surface area contributed by atoms with Crippen molar-refractivity contribution in [3.05, 3.63) is 12.2 Å². The summed E-state index contributed by atoms with van der Waals surface area (Å²) in [4.78, 5) is 171. The van der Waals surface area contributed by atoms with Crippen molar-refractivity contribution in [2.45, 2.75) is 243 Å². The summed E-state index contributed by atoms with van der Waals surface area (Å²) in [5.41, 5.74) is -2.85. The number of nitrogens with zero attached hydrogens (tertiary/aromatic N) is 7. The Morgan fingerprint density at radius 3 is 1.44 bits per heavy atom. The van der Waals surface area contributed by atoms with Gasteiger partial charge in [-0.3, -0.25) is 52.7 Å². The maximum atomic E-state index is 16.0. The molecule has 0 aromatic rings. The van der Waals surface area contributed by atoms with Crippen molar-refractivity contribution in [3.8, 4) is 0 Å². The lowest BCUT2D eigenvalue weighted by atomic mass is 9.89. The molecule has 0 bridgehead atoms. The molecule has 1 saturated heterocycles. The molecule has 1 aliphatic heterocycles. The molecule has 91 heavy (non-hydrogen) atoms. The van der Waals surface area contributed by atoms with Gasteiger partial charge in [-0.1, -0.05) is 130 Å². The van der Waals surface area contributed by atoms with Crippen LogP contribution in [0.5, 0.6) is 0 Å². The quantitative estimate of drug-likeness (QED) is 0.124. The first-order valence-corrected chi connectivity index (χ1v) is 32.8. The number of nitrogens with one attached hydrogen (secondary N) is 4. The molecule has 0 saturated carbocycles. The second kappa shape index (κ2) is 36.3. The van der Waals surface area contributed by atoms with Gasteiger partial charge in [-0.2, -0.15) is 0 Å². The molecule has 1 aliphatic rings. The fourth-order valence-corrected chi connectivity index (χ4v) is 11.3. The number of rotatable bonds is 17. The third-order valence-corrected chi connectivity index (χ3v) is 17.0. The maximum Gasteiger partial charge on any atom is 0.276 e. The second-order valence-electron chi connectivity index (χ2n) is 29.0. The van der Waals surface area contributed by atoms with Crippen molar-refractivity contribution < 1.29 is 62.6 Å². The van der Waals surface area contributed by atoms with E-state index >= 15 is 19.2 Å². The van der Waals surface area contributed by atoms with E-state index in [2.05, 4.69) is 21.3 Å². The average molecular weight is 1290 g/mol. The maximum absolute atomic E-state index is 16.0. The lowest BCUT2D eigenvalue weighted by Gasteiger charge is -2.49. The molecule has 1 rings (SSSR count). The lowest BCUT2D eigenvalue weighted by molar-refractivity contribution is -0.214. The van der Waals surface area contributed by atoms with Gasteiger partial charge < -0.3 is 65.4 Å². The van der Waals surface area contributed by atoms with E-state index < -0.39 is 161 Å². The van der Waals surface area contributed by atoms with Crippen molar-refractivity contribution in [1.82, 2.24) is 55.6 Å². The van der Waals surface area contributed by atoms with Crippen LogP contribution in [0.25, 0.3) is 0 Å². The van der Waals surface area contributed by atoms with Gasteiger partial charge in [0.15, 0.2) is 0 Å². The standard InChI is InChI=1S/C67H121N11O13/c1-28-30-31-44(15)55(80)54-59(84)70-47(29-2)61(86)72(21)36-52(79)73(22)48(32-38(3)4)58(83)71-53(42(11)12)64(89)74(23)49(33-39(5)6)57(82)68-45(16)56(81)69-46(17)60(85)75(24)50(34-40(7)8)62(87)76(25)51(35-41(9)10)63(88)78(27)67(43(13)14,65(90)77(54)26)91-37-66(18,19)20/h28,30,38-51,53-55,80H,29,31-37H2,1-27H3,(H,68,82)(H,69,81)(H,70,84)(H,71,83)/b30-28+/t44-,45+,46-,47+,48+,49+,50+,51+,53+,54+,55-,67+/m1/s1. The number of allylic oxidation sites excluding steroid dienone is 2. The van der Waals surface area contributed by atoms with Gasteiger partial charge in [0, 0.05) is 55.3 Å². The molecule has 24 heteroatoms. The second-order valence-corrected chi connectivity index (χ2v) is 29.0. The number of aliphatic hydroxyl groups excluding tert-OH is 1. The summed E-state index contributed by atoms with van der Waals surface area (Å²) >= 11 is 0. The highest BCUT2D eigenvalue weighted by Crippen LogP contribution is 2.35. The molecule has 5 N–H and O–H groups in total. The monoisotopic (exact) mass is 1290 g/mol. The van der Waals surface area contributed by atoms with E-state index in [1.54, 1.807) is 60.6 Å². The van der Waals surface area contributed by atoms with Crippen LogP contribution in [0.2, 0.25) is 0 Å². The average Bonchev–Trinajstić information content (AvgIpc) is 0.791. The summed E-state index contributed by atoms with van der Waals surface area (Å²) in [7, 11) is 9.82. The fourth-order valence-electron chi connectivity index (χ4n) is 11.3. The smallest absolute Gasteiger partial charge is 0.276 e. The van der Waals surface area contributed by atoms with Crippen LogP contribution in [0.1, 0.15) is 177 Å². The zero-order valence-electron chi connectivity index (χ0n) is 60.6. The molecule has 0 spiro atoms. The fraction of sp³-hybridized carbons (Fsp3) is 0.806. The molecular weight excluding hydrogens is 1170 g/mol. The normalized spacial score (nSPS) is 26.9. The number of carbonyl (C=O) groups excluding carboxylic acids is 11. The van der Waals surface area contributed by atoms with Gasteiger partial charge in [0.25, 0.3) is 5.91 Å². The third-order valence-electron chi connectivity index (χ3n) is 17.0. The zero-order chi connectivity index (χ0) is 70.8. The van der Waals surface area contributed by atoms with E-state index in [0.717, 1.165) is 9.80 Å². The van der Waals surface area contributed by atoms with Crippen molar-refractivity contribution in [1.29, 1.82) is 0 Å². The lowest BCUT2D eigenvalue weighted by Crippen LogP contribution is -2.70. The number of hydrogen-bond donors (Lipinski definition) is 5. The number of likely N-dealkylation sites (N-methyl/N-ethyl adjacent to an activating group) is 7. The van der Waals surface area contributed by atoms with Gasteiger partial charge in [0.2, 0.25) is 64.8 Å².